The van der Waals surface area contributed by atoms with E-state index in [0.29, 0.717) is 23.7 Å². The first-order chi connectivity index (χ1) is 17.6. The zero-order valence-corrected chi connectivity index (χ0v) is 19.3. The van der Waals surface area contributed by atoms with Crippen LogP contribution in [0.25, 0.3) is 34.0 Å². The number of benzene rings is 2. The molecule has 0 aliphatic carbocycles. The van der Waals surface area contributed by atoms with E-state index < -0.39 is 11.6 Å². The van der Waals surface area contributed by atoms with Gasteiger partial charge in [-0.15, -0.1) is 0 Å². The van der Waals surface area contributed by atoms with Crippen molar-refractivity contribution < 1.29 is 18.0 Å². The van der Waals surface area contributed by atoms with Gasteiger partial charge in [0.25, 0.3) is 0 Å². The maximum atomic E-state index is 14.2. The molecule has 2 aromatic carbocycles. The fourth-order valence-electron chi connectivity index (χ4n) is 4.23. The van der Waals surface area contributed by atoms with Crippen LogP contribution in [0.4, 0.5) is 8.78 Å². The number of halogens is 2. The van der Waals surface area contributed by atoms with Crippen LogP contribution in [0.3, 0.4) is 0 Å². The van der Waals surface area contributed by atoms with Crippen LogP contribution in [0, 0.1) is 11.6 Å². The van der Waals surface area contributed by atoms with Crippen LogP contribution in [-0.4, -0.2) is 56.1 Å². The summed E-state index contributed by atoms with van der Waals surface area (Å²) in [6, 6.07) is 14.1. The molecule has 3 aliphatic heterocycles. The van der Waals surface area contributed by atoms with Gasteiger partial charge in [-0.3, -0.25) is 9.58 Å². The lowest BCUT2D eigenvalue weighted by Gasteiger charge is -2.26. The van der Waals surface area contributed by atoms with Crippen molar-refractivity contribution in [2.24, 2.45) is 0 Å². The number of rotatable bonds is 6. The summed E-state index contributed by atoms with van der Waals surface area (Å²) < 4.78 is 40.3. The Labute approximate surface area is 205 Å². The van der Waals surface area contributed by atoms with Gasteiger partial charge in [0.2, 0.25) is 0 Å². The number of imidazole rings is 1. The number of fused-ring (bicyclic) bond motifs is 1. The predicted molar refractivity (Wildman–Crippen MR) is 127 cm³/mol. The van der Waals surface area contributed by atoms with Gasteiger partial charge in [-0.1, -0.05) is 35.5 Å². The third-order valence-corrected chi connectivity index (χ3v) is 6.14. The normalized spacial score (nSPS) is 14.5. The topological polar surface area (TPSA) is 82.1 Å². The van der Waals surface area contributed by atoms with E-state index in [4.69, 9.17) is 9.26 Å². The second-order valence-corrected chi connectivity index (χ2v) is 8.65. The van der Waals surface area contributed by atoms with E-state index >= 15 is 0 Å². The molecule has 0 saturated carbocycles. The molecule has 0 unspecified atom stereocenters. The second kappa shape index (κ2) is 9.56. The zero-order valence-electron chi connectivity index (χ0n) is 19.3. The van der Waals surface area contributed by atoms with Gasteiger partial charge in [0, 0.05) is 31.3 Å². The number of hydrogen-bond donors (Lipinski definition) is 0. The molecular weight excluding hydrogens is 466 g/mol. The Morgan fingerprint density at radius 3 is 2.53 bits per heavy atom. The summed E-state index contributed by atoms with van der Waals surface area (Å²) in [5, 5.41) is 8.55. The monoisotopic (exact) mass is 488 g/mol. The van der Waals surface area contributed by atoms with Gasteiger partial charge in [0.1, 0.15) is 23.6 Å². The first-order valence-corrected chi connectivity index (χ1v) is 11.6. The molecule has 8 nitrogen and oxygen atoms in total. The van der Waals surface area contributed by atoms with Gasteiger partial charge in [-0.25, -0.2) is 18.7 Å². The molecule has 0 spiro atoms. The van der Waals surface area contributed by atoms with Crippen molar-refractivity contribution in [2.45, 2.75) is 13.1 Å². The molecule has 1 fully saturated rings. The summed E-state index contributed by atoms with van der Waals surface area (Å²) in [6.07, 6.45) is 3.22. The first-order valence-electron chi connectivity index (χ1n) is 11.6. The van der Waals surface area contributed by atoms with E-state index in [0.717, 1.165) is 50.2 Å². The molecule has 10 heteroatoms. The van der Waals surface area contributed by atoms with E-state index in [9.17, 15) is 8.78 Å². The van der Waals surface area contributed by atoms with Crippen molar-refractivity contribution >= 4 is 0 Å². The highest BCUT2D eigenvalue weighted by Crippen LogP contribution is 2.27. The summed E-state index contributed by atoms with van der Waals surface area (Å²) >= 11 is 0. The number of aromatic nitrogens is 5. The largest absolute Gasteiger partial charge is 0.379 e. The molecular formula is C26H22F2N6O2. The van der Waals surface area contributed by atoms with Crippen LogP contribution in [0.1, 0.15) is 11.3 Å². The minimum Gasteiger partial charge on any atom is -0.379 e. The molecule has 3 aromatic rings. The van der Waals surface area contributed by atoms with Crippen molar-refractivity contribution in [1.29, 1.82) is 0 Å². The molecule has 0 N–H and O–H groups in total. The van der Waals surface area contributed by atoms with Crippen LogP contribution in [0.5, 0.6) is 0 Å². The summed E-state index contributed by atoms with van der Waals surface area (Å²) in [4.78, 5) is 11.0. The molecule has 6 rings (SSSR count). The Bertz CT molecular complexity index is 1460. The van der Waals surface area contributed by atoms with Gasteiger partial charge in [0.05, 0.1) is 31.2 Å². The van der Waals surface area contributed by atoms with E-state index in [1.54, 1.807) is 10.9 Å². The third kappa shape index (κ3) is 4.60. The summed E-state index contributed by atoms with van der Waals surface area (Å²) in [6.45, 7) is 4.69. The first kappa shape index (κ1) is 22.4. The summed E-state index contributed by atoms with van der Waals surface area (Å²) in [7, 11) is 0. The zero-order chi connectivity index (χ0) is 24.5. The SMILES string of the molecule is Fc1cccc(-c2nc3cnn(Cc4cc(-c5ccc(CN6CCOCC6)cc5)no4)cc-3n2)c1F. The van der Waals surface area contributed by atoms with Crippen LogP contribution in [0.2, 0.25) is 0 Å². The Hall–Kier alpha value is -4.02. The number of hydrogen-bond acceptors (Lipinski definition) is 7. The maximum absolute atomic E-state index is 14.2. The Balaban J connectivity index is 1.16. The summed E-state index contributed by atoms with van der Waals surface area (Å²) in [5.41, 5.74) is 3.95. The molecule has 1 saturated heterocycles. The minimum atomic E-state index is -0.975. The minimum absolute atomic E-state index is 0.00795. The number of morpholine rings is 1. The van der Waals surface area contributed by atoms with Crippen LogP contribution in [-0.2, 0) is 17.8 Å². The average molecular weight is 488 g/mol. The van der Waals surface area contributed by atoms with Crippen LogP contribution >= 0.6 is 0 Å². The third-order valence-electron chi connectivity index (χ3n) is 6.14. The molecule has 0 bridgehead atoms. The molecule has 182 valence electrons. The second-order valence-electron chi connectivity index (χ2n) is 8.65. The average Bonchev–Trinajstić information content (AvgIpc) is 3.54. The standard InChI is InChI=1S/C26H22F2N6O2/c27-21-3-1-2-20(25(21)28)26-30-23-13-29-34(16-24(23)31-26)15-19-12-22(32-36-19)18-6-4-17(5-7-18)14-33-8-10-35-11-9-33/h1-7,12-13,16H,8-11,14-15H2. The highest BCUT2D eigenvalue weighted by molar-refractivity contribution is 5.65. The Morgan fingerprint density at radius 1 is 0.889 bits per heavy atom. The molecule has 0 radical (unpaired) electrons. The van der Waals surface area contributed by atoms with Crippen molar-refractivity contribution in [3.05, 3.63) is 83.9 Å². The molecule has 4 heterocycles. The molecule has 0 amide bonds. The van der Waals surface area contributed by atoms with E-state index in [1.165, 1.54) is 23.9 Å². The lowest BCUT2D eigenvalue weighted by atomic mass is 10.1. The van der Waals surface area contributed by atoms with Gasteiger partial charge in [-0.2, -0.15) is 5.10 Å². The predicted octanol–water partition coefficient (Wildman–Crippen LogP) is 4.26. The van der Waals surface area contributed by atoms with E-state index in [2.05, 4.69) is 37.3 Å². The smallest absolute Gasteiger partial charge is 0.169 e. The van der Waals surface area contributed by atoms with Gasteiger partial charge >= 0.3 is 0 Å². The maximum Gasteiger partial charge on any atom is 0.169 e. The van der Waals surface area contributed by atoms with Gasteiger partial charge in [-0.05, 0) is 17.7 Å². The fourth-order valence-corrected chi connectivity index (χ4v) is 4.23. The quantitative estimate of drug-likeness (QED) is 0.353. The fraction of sp³-hybridized carbons (Fsp3) is 0.231. The summed E-state index contributed by atoms with van der Waals surface area (Å²) in [5.74, 6) is -1.19. The number of nitrogens with zero attached hydrogens (tertiary/aromatic N) is 6. The Morgan fingerprint density at radius 2 is 1.69 bits per heavy atom. The molecule has 1 aromatic heterocycles. The molecule has 0 atom stereocenters. The van der Waals surface area contributed by atoms with Crippen molar-refractivity contribution in [3.63, 3.8) is 0 Å². The Kier molecular flexibility index (Phi) is 5.96. The lowest BCUT2D eigenvalue weighted by molar-refractivity contribution is 0.0342. The van der Waals surface area contributed by atoms with Gasteiger partial charge < -0.3 is 9.26 Å². The van der Waals surface area contributed by atoms with Gasteiger partial charge in [0.15, 0.2) is 23.2 Å². The van der Waals surface area contributed by atoms with E-state index in [-0.39, 0.29) is 11.4 Å². The van der Waals surface area contributed by atoms with Crippen molar-refractivity contribution in [1.82, 2.24) is 29.8 Å². The lowest BCUT2D eigenvalue weighted by Crippen LogP contribution is -2.35. The highest BCUT2D eigenvalue weighted by Gasteiger charge is 2.18. The molecule has 3 aliphatic rings. The number of ether oxygens (including phenoxy) is 1. The van der Waals surface area contributed by atoms with E-state index in [1.807, 2.05) is 18.2 Å². The highest BCUT2D eigenvalue weighted by atomic mass is 19.2. The van der Waals surface area contributed by atoms with Crippen LogP contribution < -0.4 is 0 Å². The van der Waals surface area contributed by atoms with Crippen molar-refractivity contribution in [3.8, 4) is 34.0 Å². The van der Waals surface area contributed by atoms with Crippen LogP contribution in [0.15, 0.2) is 65.4 Å². The van der Waals surface area contributed by atoms with Crippen molar-refractivity contribution in [2.75, 3.05) is 26.3 Å². The molecule has 36 heavy (non-hydrogen) atoms.